The largest absolute Gasteiger partial charge is 0.335 e. The number of urea groups is 1. The van der Waals surface area contributed by atoms with Gasteiger partial charge in [-0.25, -0.2) is 14.5 Å². The van der Waals surface area contributed by atoms with Gasteiger partial charge < -0.3 is 5.32 Å². The highest BCUT2D eigenvalue weighted by Crippen LogP contribution is 2.44. The lowest BCUT2D eigenvalue weighted by Crippen LogP contribution is -2.40. The third kappa shape index (κ3) is 3.97. The first kappa shape index (κ1) is 15.6. The number of hydrogen-bond acceptors (Lipinski definition) is 4. The molecule has 0 unspecified atom stereocenters. The highest BCUT2D eigenvalue weighted by molar-refractivity contribution is 5.87. The maximum absolute atomic E-state index is 12.2. The van der Waals surface area contributed by atoms with Crippen molar-refractivity contribution in [3.05, 3.63) is 41.7 Å². The lowest BCUT2D eigenvalue weighted by atomic mass is 10.1. The molecule has 25 heavy (non-hydrogen) atoms. The van der Waals surface area contributed by atoms with Crippen LogP contribution in [0.1, 0.15) is 36.8 Å². The summed E-state index contributed by atoms with van der Waals surface area (Å²) in [7, 11) is 0. The van der Waals surface area contributed by atoms with Crippen molar-refractivity contribution >= 4 is 12.0 Å². The number of nitrogens with one attached hydrogen (secondary N) is 2. The van der Waals surface area contributed by atoms with Crippen LogP contribution in [0, 0.1) is 23.2 Å². The second-order valence-corrected chi connectivity index (χ2v) is 6.87. The molecule has 0 saturated heterocycles. The van der Waals surface area contributed by atoms with E-state index < -0.39 is 0 Å². The number of carbonyl (C=O) groups excluding carboxylic acids is 1. The van der Waals surface area contributed by atoms with Crippen LogP contribution >= 0.6 is 0 Å². The van der Waals surface area contributed by atoms with E-state index in [0.29, 0.717) is 35.9 Å². The summed E-state index contributed by atoms with van der Waals surface area (Å²) in [4.78, 5) is 16.3. The molecular formula is C18H20N6O. The second kappa shape index (κ2) is 6.55. The molecule has 7 heteroatoms. The minimum atomic E-state index is -0.222. The Morgan fingerprint density at radius 2 is 1.92 bits per heavy atom. The molecule has 1 heterocycles. The molecule has 2 fully saturated rings. The number of anilines is 1. The molecule has 2 N–H and O–H groups in total. The number of aromatic nitrogens is 3. The van der Waals surface area contributed by atoms with Crippen LogP contribution in [0.5, 0.6) is 0 Å². The lowest BCUT2D eigenvalue weighted by molar-refractivity contribution is 0.244. The van der Waals surface area contributed by atoms with Gasteiger partial charge in [-0.3, -0.25) is 5.32 Å². The molecular weight excluding hydrogens is 316 g/mol. The predicted octanol–water partition coefficient (Wildman–Crippen LogP) is 2.51. The molecule has 2 amide bonds. The van der Waals surface area contributed by atoms with Crippen molar-refractivity contribution in [2.24, 2.45) is 11.8 Å². The van der Waals surface area contributed by atoms with E-state index in [1.807, 2.05) is 12.1 Å². The van der Waals surface area contributed by atoms with Crippen molar-refractivity contribution in [1.82, 2.24) is 20.1 Å². The van der Waals surface area contributed by atoms with Crippen LogP contribution in [-0.2, 0) is 6.54 Å². The molecule has 0 atom stereocenters. The van der Waals surface area contributed by atoms with Gasteiger partial charge in [-0.2, -0.15) is 5.26 Å². The third-order valence-electron chi connectivity index (χ3n) is 4.75. The Hall–Kier alpha value is -2.88. The second-order valence-electron chi connectivity index (χ2n) is 6.87. The molecule has 1 aromatic carbocycles. The van der Waals surface area contributed by atoms with Crippen LogP contribution in [0.2, 0.25) is 0 Å². The molecule has 2 aliphatic rings. The normalized spacial score (nSPS) is 16.5. The Labute approximate surface area is 146 Å². The highest BCUT2D eigenvalue weighted by atomic mass is 16.2. The average Bonchev–Trinajstić information content (AvgIpc) is 3.53. The predicted molar refractivity (Wildman–Crippen MR) is 91.7 cm³/mol. The summed E-state index contributed by atoms with van der Waals surface area (Å²) in [6.07, 6.45) is 6.47. The Morgan fingerprint density at radius 3 is 2.52 bits per heavy atom. The maximum atomic E-state index is 12.2. The van der Waals surface area contributed by atoms with Crippen LogP contribution in [-0.4, -0.2) is 26.8 Å². The summed E-state index contributed by atoms with van der Waals surface area (Å²) in [5, 5.41) is 18.9. The molecule has 1 aromatic heterocycles. The van der Waals surface area contributed by atoms with E-state index >= 15 is 0 Å². The Bertz CT molecular complexity index is 786. The van der Waals surface area contributed by atoms with Crippen molar-refractivity contribution in [1.29, 1.82) is 5.26 Å². The summed E-state index contributed by atoms with van der Waals surface area (Å²) < 4.78 is 1.66. The van der Waals surface area contributed by atoms with Crippen LogP contribution in [0.4, 0.5) is 10.7 Å². The van der Waals surface area contributed by atoms with Crippen molar-refractivity contribution in [2.75, 3.05) is 5.32 Å². The van der Waals surface area contributed by atoms with Gasteiger partial charge in [0, 0.05) is 6.04 Å². The van der Waals surface area contributed by atoms with Gasteiger partial charge in [-0.1, -0.05) is 12.1 Å². The zero-order chi connectivity index (χ0) is 17.2. The summed E-state index contributed by atoms with van der Waals surface area (Å²) in [6, 6.07) is 9.49. The number of benzene rings is 1. The van der Waals surface area contributed by atoms with E-state index in [0.717, 1.165) is 5.56 Å². The summed E-state index contributed by atoms with van der Waals surface area (Å²) in [5.74, 6) is 1.61. The fourth-order valence-electron chi connectivity index (χ4n) is 3.12. The van der Waals surface area contributed by atoms with Crippen molar-refractivity contribution in [3.63, 3.8) is 0 Å². The van der Waals surface area contributed by atoms with E-state index in [4.69, 9.17) is 5.26 Å². The number of carbonyl (C=O) groups is 1. The number of hydrogen-bond donors (Lipinski definition) is 2. The van der Waals surface area contributed by atoms with Crippen LogP contribution in [0.25, 0.3) is 0 Å². The molecule has 2 saturated carbocycles. The lowest BCUT2D eigenvalue weighted by Gasteiger charge is -2.17. The average molecular weight is 336 g/mol. The highest BCUT2D eigenvalue weighted by Gasteiger charge is 2.42. The Morgan fingerprint density at radius 1 is 1.24 bits per heavy atom. The van der Waals surface area contributed by atoms with Crippen molar-refractivity contribution in [3.8, 4) is 6.07 Å². The number of rotatable bonds is 6. The van der Waals surface area contributed by atoms with Gasteiger partial charge in [-0.15, -0.1) is 5.10 Å². The van der Waals surface area contributed by atoms with E-state index in [2.05, 4.69) is 26.8 Å². The molecule has 2 aliphatic carbocycles. The van der Waals surface area contributed by atoms with Gasteiger partial charge in [-0.05, 0) is 55.2 Å². The maximum Gasteiger partial charge on any atom is 0.321 e. The molecule has 4 rings (SSSR count). The molecule has 128 valence electrons. The van der Waals surface area contributed by atoms with Gasteiger partial charge in [0.05, 0.1) is 18.2 Å². The minimum absolute atomic E-state index is 0.222. The monoisotopic (exact) mass is 336 g/mol. The fourth-order valence-corrected chi connectivity index (χ4v) is 3.12. The Balaban J connectivity index is 1.32. The van der Waals surface area contributed by atoms with E-state index in [9.17, 15) is 4.79 Å². The zero-order valence-corrected chi connectivity index (χ0v) is 13.9. The van der Waals surface area contributed by atoms with E-state index in [-0.39, 0.29) is 6.03 Å². The van der Waals surface area contributed by atoms with Gasteiger partial charge in [0.15, 0.2) is 0 Å². The number of amides is 2. The van der Waals surface area contributed by atoms with E-state index in [1.54, 1.807) is 23.1 Å². The van der Waals surface area contributed by atoms with Gasteiger partial charge in [0.25, 0.3) is 0 Å². The van der Waals surface area contributed by atoms with Gasteiger partial charge >= 0.3 is 6.03 Å². The topological polar surface area (TPSA) is 95.6 Å². The SMILES string of the molecule is N#Cc1ccc(Cn2cnc(NC(=O)NC(C3CC3)C3CC3)n2)cc1. The standard InChI is InChI=1S/C18H20N6O/c19-9-12-1-3-13(4-2-12)10-24-11-20-17(23-24)22-18(25)21-16(14-5-6-14)15-7-8-15/h1-4,11,14-16H,5-8,10H2,(H2,21,22,23,25). The molecule has 0 radical (unpaired) electrons. The van der Waals surface area contributed by atoms with E-state index in [1.165, 1.54) is 25.7 Å². The first-order valence-corrected chi connectivity index (χ1v) is 8.67. The molecule has 0 spiro atoms. The van der Waals surface area contributed by atoms with Gasteiger partial charge in [0.2, 0.25) is 5.95 Å². The quantitative estimate of drug-likeness (QED) is 0.847. The summed E-state index contributed by atoms with van der Waals surface area (Å²) in [6.45, 7) is 0.536. The van der Waals surface area contributed by atoms with Gasteiger partial charge in [0.1, 0.15) is 6.33 Å². The first-order chi connectivity index (χ1) is 12.2. The smallest absolute Gasteiger partial charge is 0.321 e. The molecule has 0 aliphatic heterocycles. The Kier molecular flexibility index (Phi) is 4.10. The summed E-state index contributed by atoms with van der Waals surface area (Å²) in [5.41, 5.74) is 1.64. The molecule has 7 nitrogen and oxygen atoms in total. The van der Waals surface area contributed by atoms with Crippen molar-refractivity contribution < 1.29 is 4.79 Å². The minimum Gasteiger partial charge on any atom is -0.335 e. The summed E-state index contributed by atoms with van der Waals surface area (Å²) >= 11 is 0. The van der Waals surface area contributed by atoms with Crippen LogP contribution < -0.4 is 10.6 Å². The zero-order valence-electron chi connectivity index (χ0n) is 13.9. The third-order valence-corrected chi connectivity index (χ3v) is 4.75. The molecule has 2 aromatic rings. The fraction of sp³-hybridized carbons (Fsp3) is 0.444. The molecule has 0 bridgehead atoms. The number of nitrogens with zero attached hydrogens (tertiary/aromatic N) is 4. The van der Waals surface area contributed by atoms with Crippen LogP contribution in [0.15, 0.2) is 30.6 Å². The first-order valence-electron chi connectivity index (χ1n) is 8.67. The van der Waals surface area contributed by atoms with Crippen LogP contribution in [0.3, 0.4) is 0 Å². The van der Waals surface area contributed by atoms with Crippen molar-refractivity contribution in [2.45, 2.75) is 38.3 Å². The number of nitriles is 1.